The van der Waals surface area contributed by atoms with Gasteiger partial charge in [-0.05, 0) is 47.0 Å². The van der Waals surface area contributed by atoms with Crippen LogP contribution < -0.4 is 4.90 Å². The van der Waals surface area contributed by atoms with E-state index < -0.39 is 11.7 Å². The molecule has 0 amide bonds. The average Bonchev–Trinajstić information content (AvgIpc) is 2.45. The maximum atomic E-state index is 12.7. The molecule has 1 fully saturated rings. The third kappa shape index (κ3) is 4.28. The van der Waals surface area contributed by atoms with E-state index >= 15 is 0 Å². The number of alkyl halides is 4. The van der Waals surface area contributed by atoms with Crippen LogP contribution >= 0.6 is 27.5 Å². The highest BCUT2D eigenvalue weighted by Crippen LogP contribution is 2.37. The quantitative estimate of drug-likeness (QED) is 0.589. The van der Waals surface area contributed by atoms with E-state index in [1.54, 1.807) is 6.07 Å². The van der Waals surface area contributed by atoms with Gasteiger partial charge in [0.15, 0.2) is 0 Å². The molecule has 0 N–H and O–H groups in total. The maximum absolute atomic E-state index is 12.7. The molecule has 1 aliphatic carbocycles. The standard InChI is InChI=1S/C15H18BrClF3N/c16-13-10-11(15(18,19)20)6-7-14(13)21(9-8-17)12-4-2-1-3-5-12/h6-7,10,12H,1-5,8-9H2. The molecule has 118 valence electrons. The number of hydrogen-bond acceptors (Lipinski definition) is 1. The molecule has 0 atom stereocenters. The molecule has 0 aromatic heterocycles. The van der Waals surface area contributed by atoms with Gasteiger partial charge in [-0.1, -0.05) is 19.3 Å². The molecule has 0 unspecified atom stereocenters. The van der Waals surface area contributed by atoms with Crippen LogP contribution in [-0.2, 0) is 6.18 Å². The van der Waals surface area contributed by atoms with Crippen LogP contribution in [0.15, 0.2) is 22.7 Å². The molecule has 1 aromatic rings. The highest BCUT2D eigenvalue weighted by molar-refractivity contribution is 9.10. The van der Waals surface area contributed by atoms with Crippen molar-refractivity contribution in [1.82, 2.24) is 0 Å². The maximum Gasteiger partial charge on any atom is 0.416 e. The molecule has 6 heteroatoms. The summed E-state index contributed by atoms with van der Waals surface area (Å²) in [6.07, 6.45) is 1.40. The van der Waals surface area contributed by atoms with E-state index in [4.69, 9.17) is 11.6 Å². The number of nitrogens with zero attached hydrogens (tertiary/aromatic N) is 1. The molecule has 21 heavy (non-hydrogen) atoms. The van der Waals surface area contributed by atoms with E-state index in [1.165, 1.54) is 19.3 Å². The van der Waals surface area contributed by atoms with Gasteiger partial charge in [-0.2, -0.15) is 13.2 Å². The van der Waals surface area contributed by atoms with Crippen molar-refractivity contribution < 1.29 is 13.2 Å². The van der Waals surface area contributed by atoms with E-state index in [2.05, 4.69) is 20.8 Å². The summed E-state index contributed by atoms with van der Waals surface area (Å²) in [6, 6.07) is 4.21. The van der Waals surface area contributed by atoms with Crippen LogP contribution in [0.25, 0.3) is 0 Å². The van der Waals surface area contributed by atoms with Crippen molar-refractivity contribution in [2.24, 2.45) is 0 Å². The Kier molecular flexibility index (Phi) is 5.83. The third-order valence-electron chi connectivity index (χ3n) is 3.93. The third-order valence-corrected chi connectivity index (χ3v) is 4.73. The molecule has 0 bridgehead atoms. The molecule has 0 spiro atoms. The lowest BCUT2D eigenvalue weighted by atomic mass is 9.93. The summed E-state index contributed by atoms with van der Waals surface area (Å²) in [6.45, 7) is 0.649. The minimum Gasteiger partial charge on any atom is -0.366 e. The van der Waals surface area contributed by atoms with Crippen molar-refractivity contribution in [3.63, 3.8) is 0 Å². The highest BCUT2D eigenvalue weighted by atomic mass is 79.9. The SMILES string of the molecule is FC(F)(F)c1ccc(N(CCCl)C2CCCCC2)c(Br)c1. The smallest absolute Gasteiger partial charge is 0.366 e. The summed E-state index contributed by atoms with van der Waals surface area (Å²) in [5.74, 6) is 0.462. The van der Waals surface area contributed by atoms with Crippen molar-refractivity contribution in [3.8, 4) is 0 Å². The van der Waals surface area contributed by atoms with Crippen molar-refractivity contribution in [3.05, 3.63) is 28.2 Å². The first-order valence-electron chi connectivity index (χ1n) is 7.13. The summed E-state index contributed by atoms with van der Waals surface area (Å²) in [5.41, 5.74) is 0.170. The predicted octanol–water partition coefficient (Wildman–Crippen LogP) is 5.85. The highest BCUT2D eigenvalue weighted by Gasteiger charge is 2.31. The Hall–Kier alpha value is -0.420. The largest absolute Gasteiger partial charge is 0.416 e. The lowest BCUT2D eigenvalue weighted by Gasteiger charge is -2.36. The van der Waals surface area contributed by atoms with Crippen molar-refractivity contribution in [2.45, 2.75) is 44.3 Å². The normalized spacial score (nSPS) is 17.0. The molecule has 1 saturated carbocycles. The number of rotatable bonds is 4. The predicted molar refractivity (Wildman–Crippen MR) is 84.1 cm³/mol. The van der Waals surface area contributed by atoms with E-state index in [1.807, 2.05) is 0 Å². The second-order valence-corrected chi connectivity index (χ2v) is 6.57. The van der Waals surface area contributed by atoms with Crippen LogP contribution in [0.3, 0.4) is 0 Å². The first-order valence-corrected chi connectivity index (χ1v) is 8.45. The van der Waals surface area contributed by atoms with E-state index in [0.29, 0.717) is 22.9 Å². The molecule has 1 nitrogen and oxygen atoms in total. The molecule has 0 radical (unpaired) electrons. The van der Waals surface area contributed by atoms with E-state index in [0.717, 1.165) is 30.7 Å². The van der Waals surface area contributed by atoms with Gasteiger partial charge in [0.1, 0.15) is 0 Å². The second kappa shape index (κ2) is 7.23. The fraction of sp³-hybridized carbons (Fsp3) is 0.600. The molecule has 0 aliphatic heterocycles. The van der Waals surface area contributed by atoms with Gasteiger partial charge in [0.2, 0.25) is 0 Å². The molecular weight excluding hydrogens is 367 g/mol. The van der Waals surface area contributed by atoms with Gasteiger partial charge in [0.25, 0.3) is 0 Å². The zero-order valence-corrected chi connectivity index (χ0v) is 13.9. The van der Waals surface area contributed by atoms with Crippen LogP contribution in [-0.4, -0.2) is 18.5 Å². The molecule has 2 rings (SSSR count). The summed E-state index contributed by atoms with van der Waals surface area (Å²) in [4.78, 5) is 2.15. The molecule has 0 heterocycles. The second-order valence-electron chi connectivity index (χ2n) is 5.34. The Labute approximate surface area is 136 Å². The average molecular weight is 385 g/mol. The van der Waals surface area contributed by atoms with Gasteiger partial charge >= 0.3 is 6.18 Å². The first-order chi connectivity index (χ1) is 9.93. The van der Waals surface area contributed by atoms with Crippen LogP contribution in [0.4, 0.5) is 18.9 Å². The molecule has 1 aliphatic rings. The van der Waals surface area contributed by atoms with Gasteiger partial charge in [-0.25, -0.2) is 0 Å². The Bertz CT molecular complexity index is 472. The topological polar surface area (TPSA) is 3.24 Å². The minimum atomic E-state index is -4.32. The monoisotopic (exact) mass is 383 g/mol. The summed E-state index contributed by atoms with van der Waals surface area (Å²) >= 11 is 9.18. The Morgan fingerprint density at radius 2 is 1.86 bits per heavy atom. The first kappa shape index (κ1) is 16.9. The zero-order valence-electron chi connectivity index (χ0n) is 11.6. The van der Waals surface area contributed by atoms with E-state index in [-0.39, 0.29) is 0 Å². The van der Waals surface area contributed by atoms with Crippen molar-refractivity contribution in [1.29, 1.82) is 0 Å². The van der Waals surface area contributed by atoms with E-state index in [9.17, 15) is 13.2 Å². The zero-order chi connectivity index (χ0) is 15.5. The lowest BCUT2D eigenvalue weighted by molar-refractivity contribution is -0.137. The fourth-order valence-corrected chi connectivity index (χ4v) is 3.69. The number of halogens is 5. The van der Waals surface area contributed by atoms with Crippen LogP contribution in [0.1, 0.15) is 37.7 Å². The van der Waals surface area contributed by atoms with Gasteiger partial charge in [0, 0.05) is 22.9 Å². The molecular formula is C15H18BrClF3N. The summed E-state index contributed by atoms with van der Waals surface area (Å²) < 4.78 is 38.7. The Balaban J connectivity index is 2.27. The molecule has 0 saturated heterocycles. The Morgan fingerprint density at radius 1 is 1.19 bits per heavy atom. The Morgan fingerprint density at radius 3 is 2.38 bits per heavy atom. The van der Waals surface area contributed by atoms with Gasteiger partial charge in [-0.3, -0.25) is 0 Å². The summed E-state index contributed by atoms with van der Waals surface area (Å²) in [7, 11) is 0. The van der Waals surface area contributed by atoms with Crippen molar-refractivity contribution >= 4 is 33.2 Å². The van der Waals surface area contributed by atoms with Gasteiger partial charge < -0.3 is 4.90 Å². The number of benzene rings is 1. The number of hydrogen-bond donors (Lipinski definition) is 0. The van der Waals surface area contributed by atoms with Crippen LogP contribution in [0.5, 0.6) is 0 Å². The van der Waals surface area contributed by atoms with Crippen LogP contribution in [0, 0.1) is 0 Å². The summed E-state index contributed by atoms with van der Waals surface area (Å²) in [5, 5.41) is 0. The van der Waals surface area contributed by atoms with Crippen LogP contribution in [0.2, 0.25) is 0 Å². The van der Waals surface area contributed by atoms with Gasteiger partial charge in [0.05, 0.1) is 11.3 Å². The fourth-order valence-electron chi connectivity index (χ4n) is 2.90. The van der Waals surface area contributed by atoms with Gasteiger partial charge in [-0.15, -0.1) is 11.6 Å². The van der Waals surface area contributed by atoms with Crippen molar-refractivity contribution in [2.75, 3.05) is 17.3 Å². The lowest BCUT2D eigenvalue weighted by Crippen LogP contribution is -2.38. The minimum absolute atomic E-state index is 0.366. The molecule has 1 aromatic carbocycles. The number of anilines is 1.